The van der Waals surface area contributed by atoms with Crippen LogP contribution in [-0.2, 0) is 5.41 Å². The van der Waals surface area contributed by atoms with Gasteiger partial charge in [-0.1, -0.05) is 0 Å². The maximum Gasteiger partial charge on any atom is 0.250 e. The minimum absolute atomic E-state index is 0.0900. The van der Waals surface area contributed by atoms with Crippen molar-refractivity contribution in [3.63, 3.8) is 0 Å². The fraction of sp³-hybridized carbons (Fsp3) is 0.556. The summed E-state index contributed by atoms with van der Waals surface area (Å²) in [5.74, 6) is -2.50. The molecule has 4 heteroatoms. The fourth-order valence-corrected chi connectivity index (χ4v) is 2.75. The summed E-state index contributed by atoms with van der Waals surface area (Å²) >= 11 is 1.53. The molecule has 0 aliphatic heterocycles. The predicted octanol–water partition coefficient (Wildman–Crippen LogP) is 2.37. The molecule has 1 heterocycles. The van der Waals surface area contributed by atoms with Crippen LogP contribution in [0.2, 0.25) is 0 Å². The molecule has 0 saturated heterocycles. The van der Waals surface area contributed by atoms with E-state index in [1.54, 1.807) is 0 Å². The van der Waals surface area contributed by atoms with Gasteiger partial charge in [-0.3, -0.25) is 0 Å². The monoisotopic (exact) mass is 203 g/mol. The van der Waals surface area contributed by atoms with Gasteiger partial charge in [-0.2, -0.15) is 11.3 Å². The summed E-state index contributed by atoms with van der Waals surface area (Å²) < 4.78 is 25.5. The van der Waals surface area contributed by atoms with E-state index >= 15 is 0 Å². The van der Waals surface area contributed by atoms with Crippen LogP contribution in [0.3, 0.4) is 0 Å². The SMILES string of the molecule is NCC1(c2ccsc2)CC(F)(F)C1. The van der Waals surface area contributed by atoms with E-state index in [2.05, 4.69) is 0 Å². The van der Waals surface area contributed by atoms with Crippen LogP contribution in [0.5, 0.6) is 0 Å². The summed E-state index contributed by atoms with van der Waals surface area (Å²) in [5.41, 5.74) is 6.09. The largest absolute Gasteiger partial charge is 0.330 e. The molecule has 1 nitrogen and oxygen atoms in total. The lowest BCUT2D eigenvalue weighted by Crippen LogP contribution is -2.53. The summed E-state index contributed by atoms with van der Waals surface area (Å²) in [4.78, 5) is 0. The van der Waals surface area contributed by atoms with Gasteiger partial charge in [-0.05, 0) is 22.4 Å². The van der Waals surface area contributed by atoms with Gasteiger partial charge in [0.15, 0.2) is 0 Å². The van der Waals surface area contributed by atoms with E-state index in [9.17, 15) is 8.78 Å². The van der Waals surface area contributed by atoms with Crippen LogP contribution in [0.4, 0.5) is 8.78 Å². The van der Waals surface area contributed by atoms with Gasteiger partial charge in [0.05, 0.1) is 0 Å². The third kappa shape index (κ3) is 1.38. The molecular formula is C9H11F2NS. The van der Waals surface area contributed by atoms with Gasteiger partial charge in [-0.15, -0.1) is 0 Å². The zero-order valence-electron chi connectivity index (χ0n) is 7.09. The van der Waals surface area contributed by atoms with Crippen LogP contribution >= 0.6 is 11.3 Å². The van der Waals surface area contributed by atoms with Crippen molar-refractivity contribution in [2.75, 3.05) is 6.54 Å². The first-order valence-electron chi connectivity index (χ1n) is 4.19. The summed E-state index contributed by atoms with van der Waals surface area (Å²) in [6, 6.07) is 1.90. The van der Waals surface area contributed by atoms with Crippen molar-refractivity contribution in [3.05, 3.63) is 22.4 Å². The number of hydrogen-bond acceptors (Lipinski definition) is 2. The van der Waals surface area contributed by atoms with Crippen LogP contribution < -0.4 is 5.73 Å². The molecule has 1 saturated carbocycles. The molecule has 0 amide bonds. The average molecular weight is 203 g/mol. The Bertz CT molecular complexity index is 287. The van der Waals surface area contributed by atoms with E-state index < -0.39 is 11.3 Å². The average Bonchev–Trinajstić information content (AvgIpc) is 2.51. The maximum atomic E-state index is 12.8. The molecule has 1 aromatic rings. The third-order valence-corrected chi connectivity index (χ3v) is 3.40. The Labute approximate surface area is 79.6 Å². The minimum atomic E-state index is -2.50. The molecule has 1 fully saturated rings. The Balaban J connectivity index is 2.21. The number of thiophene rings is 1. The van der Waals surface area contributed by atoms with Crippen LogP contribution in [0.25, 0.3) is 0 Å². The lowest BCUT2D eigenvalue weighted by atomic mass is 9.63. The van der Waals surface area contributed by atoms with Crippen LogP contribution in [0, 0.1) is 0 Å². The smallest absolute Gasteiger partial charge is 0.250 e. The van der Waals surface area contributed by atoms with Gasteiger partial charge < -0.3 is 5.73 Å². The maximum absolute atomic E-state index is 12.8. The van der Waals surface area contributed by atoms with E-state index in [1.165, 1.54) is 11.3 Å². The summed E-state index contributed by atoms with van der Waals surface area (Å²) in [5, 5.41) is 3.82. The Morgan fingerprint density at radius 2 is 2.15 bits per heavy atom. The normalized spacial score (nSPS) is 23.9. The second-order valence-corrected chi connectivity index (χ2v) is 4.49. The van der Waals surface area contributed by atoms with Crippen molar-refractivity contribution in [1.29, 1.82) is 0 Å². The van der Waals surface area contributed by atoms with E-state index in [0.29, 0.717) is 6.54 Å². The van der Waals surface area contributed by atoms with Crippen molar-refractivity contribution in [1.82, 2.24) is 0 Å². The first-order chi connectivity index (χ1) is 6.08. The molecular weight excluding hydrogens is 192 g/mol. The zero-order chi connectivity index (χ0) is 9.53. The van der Waals surface area contributed by atoms with Gasteiger partial charge >= 0.3 is 0 Å². The van der Waals surface area contributed by atoms with Gasteiger partial charge in [0.1, 0.15) is 0 Å². The molecule has 0 aromatic carbocycles. The Kier molecular flexibility index (Phi) is 1.92. The standard InChI is InChI=1S/C9H11F2NS/c10-9(11)4-8(5-9,6-12)7-1-2-13-3-7/h1-3H,4-6,12H2. The zero-order valence-corrected chi connectivity index (χ0v) is 7.91. The summed E-state index contributed by atoms with van der Waals surface area (Å²) in [6.45, 7) is 0.319. The Morgan fingerprint density at radius 3 is 2.54 bits per heavy atom. The molecule has 2 N–H and O–H groups in total. The van der Waals surface area contributed by atoms with Crippen molar-refractivity contribution in [3.8, 4) is 0 Å². The molecule has 1 aromatic heterocycles. The van der Waals surface area contributed by atoms with Crippen molar-refractivity contribution in [2.24, 2.45) is 5.73 Å². The molecule has 0 unspecified atom stereocenters. The van der Waals surface area contributed by atoms with Gasteiger partial charge in [0.25, 0.3) is 0 Å². The molecule has 13 heavy (non-hydrogen) atoms. The molecule has 0 bridgehead atoms. The Morgan fingerprint density at radius 1 is 1.46 bits per heavy atom. The number of halogens is 2. The number of rotatable bonds is 2. The number of nitrogens with two attached hydrogens (primary N) is 1. The van der Waals surface area contributed by atoms with E-state index in [1.807, 2.05) is 16.8 Å². The number of hydrogen-bond donors (Lipinski definition) is 1. The van der Waals surface area contributed by atoms with Crippen LogP contribution in [0.15, 0.2) is 16.8 Å². The van der Waals surface area contributed by atoms with Crippen molar-refractivity contribution < 1.29 is 8.78 Å². The quantitative estimate of drug-likeness (QED) is 0.784. The lowest BCUT2D eigenvalue weighted by Gasteiger charge is -2.46. The minimum Gasteiger partial charge on any atom is -0.330 e. The molecule has 1 aliphatic rings. The molecule has 1 aliphatic carbocycles. The first-order valence-corrected chi connectivity index (χ1v) is 5.13. The van der Waals surface area contributed by atoms with E-state index in [-0.39, 0.29) is 12.8 Å². The highest BCUT2D eigenvalue weighted by Gasteiger charge is 2.56. The summed E-state index contributed by atoms with van der Waals surface area (Å²) in [6.07, 6.45) is -0.180. The van der Waals surface area contributed by atoms with Gasteiger partial charge in [0.2, 0.25) is 5.92 Å². The van der Waals surface area contributed by atoms with Gasteiger partial charge in [-0.25, -0.2) is 8.78 Å². The molecule has 2 rings (SSSR count). The van der Waals surface area contributed by atoms with E-state index in [4.69, 9.17) is 5.73 Å². The van der Waals surface area contributed by atoms with Crippen molar-refractivity contribution in [2.45, 2.75) is 24.2 Å². The topological polar surface area (TPSA) is 26.0 Å². The summed E-state index contributed by atoms with van der Waals surface area (Å²) in [7, 11) is 0. The highest BCUT2D eigenvalue weighted by molar-refractivity contribution is 7.08. The van der Waals surface area contributed by atoms with Crippen LogP contribution in [0.1, 0.15) is 18.4 Å². The van der Waals surface area contributed by atoms with Crippen molar-refractivity contribution >= 4 is 11.3 Å². The number of alkyl halides is 2. The molecule has 0 atom stereocenters. The van der Waals surface area contributed by atoms with Crippen LogP contribution in [-0.4, -0.2) is 12.5 Å². The second-order valence-electron chi connectivity index (χ2n) is 3.71. The first kappa shape index (κ1) is 9.09. The molecule has 0 spiro atoms. The predicted molar refractivity (Wildman–Crippen MR) is 49.2 cm³/mol. The second kappa shape index (κ2) is 2.75. The highest BCUT2D eigenvalue weighted by Crippen LogP contribution is 2.53. The molecule has 0 radical (unpaired) electrons. The molecule has 72 valence electrons. The van der Waals surface area contributed by atoms with Gasteiger partial charge in [0, 0.05) is 24.8 Å². The fourth-order valence-electron chi connectivity index (χ4n) is 1.97. The highest BCUT2D eigenvalue weighted by atomic mass is 32.1. The lowest BCUT2D eigenvalue weighted by molar-refractivity contribution is -0.123. The third-order valence-electron chi connectivity index (χ3n) is 2.72. The Hall–Kier alpha value is -0.480. The van der Waals surface area contributed by atoms with E-state index in [0.717, 1.165) is 5.56 Å².